The van der Waals surface area contributed by atoms with E-state index in [9.17, 15) is 4.79 Å². The SMILES string of the molecule is CCOC(=O)c1cnn(-c2ccc3c(c2)OCCO3)c1CN(C)Cc1cscn1. The number of carbonyl (C=O) groups excluding carboxylic acids is 1. The molecule has 0 bridgehead atoms. The van der Waals surface area contributed by atoms with E-state index in [4.69, 9.17) is 14.2 Å². The zero-order valence-electron chi connectivity index (χ0n) is 16.3. The lowest BCUT2D eigenvalue weighted by Gasteiger charge is -2.20. The van der Waals surface area contributed by atoms with Gasteiger partial charge in [0.2, 0.25) is 0 Å². The van der Waals surface area contributed by atoms with Gasteiger partial charge in [-0.1, -0.05) is 0 Å². The maximum atomic E-state index is 12.5. The molecule has 0 fully saturated rings. The minimum Gasteiger partial charge on any atom is -0.486 e. The van der Waals surface area contributed by atoms with Gasteiger partial charge in [-0.3, -0.25) is 4.90 Å². The van der Waals surface area contributed by atoms with E-state index >= 15 is 0 Å². The van der Waals surface area contributed by atoms with Crippen LogP contribution in [0.1, 0.15) is 28.7 Å². The predicted molar refractivity (Wildman–Crippen MR) is 108 cm³/mol. The molecule has 0 saturated heterocycles. The Bertz CT molecular complexity index is 987. The third kappa shape index (κ3) is 4.25. The van der Waals surface area contributed by atoms with Crippen LogP contribution in [0.25, 0.3) is 5.69 Å². The molecule has 4 rings (SSSR count). The van der Waals surface area contributed by atoms with Crippen LogP contribution in [0.3, 0.4) is 0 Å². The largest absolute Gasteiger partial charge is 0.486 e. The summed E-state index contributed by atoms with van der Waals surface area (Å²) >= 11 is 1.56. The Balaban J connectivity index is 1.67. The first-order chi connectivity index (χ1) is 14.2. The molecule has 0 unspecified atom stereocenters. The second-order valence-corrected chi connectivity index (χ2v) is 7.34. The summed E-state index contributed by atoms with van der Waals surface area (Å²) in [7, 11) is 1.98. The van der Waals surface area contributed by atoms with Crippen LogP contribution in [0.4, 0.5) is 0 Å². The third-order valence-corrected chi connectivity index (χ3v) is 5.10. The summed E-state index contributed by atoms with van der Waals surface area (Å²) in [6, 6.07) is 5.64. The Morgan fingerprint density at radius 1 is 1.28 bits per heavy atom. The summed E-state index contributed by atoms with van der Waals surface area (Å²) in [5.74, 6) is 0.997. The molecule has 9 heteroatoms. The minimum absolute atomic E-state index is 0.308. The van der Waals surface area contributed by atoms with Crippen LogP contribution >= 0.6 is 11.3 Å². The molecular formula is C20H22N4O4S. The zero-order chi connectivity index (χ0) is 20.2. The van der Waals surface area contributed by atoms with Gasteiger partial charge in [-0.25, -0.2) is 14.5 Å². The second-order valence-electron chi connectivity index (χ2n) is 6.62. The van der Waals surface area contributed by atoms with E-state index < -0.39 is 0 Å². The Kier molecular flexibility index (Phi) is 5.77. The first kappa shape index (κ1) is 19.4. The van der Waals surface area contributed by atoms with Crippen LogP contribution in [0.15, 0.2) is 35.3 Å². The maximum Gasteiger partial charge on any atom is 0.341 e. The highest BCUT2D eigenvalue weighted by Crippen LogP contribution is 2.32. The van der Waals surface area contributed by atoms with Crippen molar-refractivity contribution in [1.29, 1.82) is 0 Å². The van der Waals surface area contributed by atoms with Crippen molar-refractivity contribution < 1.29 is 19.0 Å². The first-order valence-electron chi connectivity index (χ1n) is 9.35. The monoisotopic (exact) mass is 414 g/mol. The van der Waals surface area contributed by atoms with Gasteiger partial charge in [0.15, 0.2) is 11.5 Å². The summed E-state index contributed by atoms with van der Waals surface area (Å²) < 4.78 is 18.3. The van der Waals surface area contributed by atoms with Crippen molar-refractivity contribution in [3.05, 3.63) is 52.2 Å². The normalized spacial score (nSPS) is 12.9. The minimum atomic E-state index is -0.381. The van der Waals surface area contributed by atoms with Gasteiger partial charge in [0.05, 0.1) is 35.4 Å². The van der Waals surface area contributed by atoms with E-state index in [1.54, 1.807) is 29.1 Å². The van der Waals surface area contributed by atoms with Crippen molar-refractivity contribution in [2.45, 2.75) is 20.0 Å². The number of nitrogens with zero attached hydrogens (tertiary/aromatic N) is 4. The van der Waals surface area contributed by atoms with E-state index in [1.165, 1.54) is 0 Å². The number of ether oxygens (including phenoxy) is 3. The molecule has 8 nitrogen and oxygen atoms in total. The summed E-state index contributed by atoms with van der Waals surface area (Å²) in [5.41, 5.74) is 4.79. The highest BCUT2D eigenvalue weighted by atomic mass is 32.1. The molecule has 1 aliphatic heterocycles. The van der Waals surface area contributed by atoms with E-state index in [-0.39, 0.29) is 5.97 Å². The van der Waals surface area contributed by atoms with Crippen molar-refractivity contribution in [3.8, 4) is 17.2 Å². The van der Waals surface area contributed by atoms with Crippen LogP contribution < -0.4 is 9.47 Å². The molecular weight excluding hydrogens is 392 g/mol. The van der Waals surface area contributed by atoms with Gasteiger partial charge < -0.3 is 14.2 Å². The average molecular weight is 414 g/mol. The fraction of sp³-hybridized carbons (Fsp3) is 0.350. The zero-order valence-corrected chi connectivity index (χ0v) is 17.1. The van der Waals surface area contributed by atoms with Crippen LogP contribution in [0.2, 0.25) is 0 Å². The second kappa shape index (κ2) is 8.62. The topological polar surface area (TPSA) is 78.7 Å². The van der Waals surface area contributed by atoms with Crippen molar-refractivity contribution in [3.63, 3.8) is 0 Å². The number of thiazole rings is 1. The first-order valence-corrected chi connectivity index (χ1v) is 10.3. The molecule has 0 saturated carbocycles. The molecule has 29 heavy (non-hydrogen) atoms. The molecule has 3 aromatic rings. The number of fused-ring (bicyclic) bond motifs is 1. The molecule has 0 radical (unpaired) electrons. The molecule has 0 atom stereocenters. The number of benzene rings is 1. The highest BCUT2D eigenvalue weighted by Gasteiger charge is 2.22. The number of carbonyl (C=O) groups is 1. The molecule has 0 spiro atoms. The Labute approximate surface area is 172 Å². The van der Waals surface area contributed by atoms with E-state index in [2.05, 4.69) is 15.0 Å². The lowest BCUT2D eigenvalue weighted by atomic mass is 10.2. The standard InChI is InChI=1S/C20H22N4O4S/c1-3-26-20(25)16-9-22-24(15-4-5-18-19(8-15)28-7-6-27-18)17(16)11-23(2)10-14-12-29-13-21-14/h4-5,8-9,12-13H,3,6-7,10-11H2,1-2H3. The van der Waals surface area contributed by atoms with Gasteiger partial charge in [-0.05, 0) is 26.1 Å². The molecule has 0 N–H and O–H groups in total. The molecule has 3 heterocycles. The summed E-state index contributed by atoms with van der Waals surface area (Å²) in [6.45, 7) is 4.30. The average Bonchev–Trinajstić information content (AvgIpc) is 3.38. The molecule has 2 aromatic heterocycles. The van der Waals surface area contributed by atoms with Gasteiger partial charge in [0, 0.05) is 24.5 Å². The molecule has 0 aliphatic carbocycles. The number of aromatic nitrogens is 3. The van der Waals surface area contributed by atoms with Gasteiger partial charge >= 0.3 is 5.97 Å². The smallest absolute Gasteiger partial charge is 0.341 e. The van der Waals surface area contributed by atoms with Crippen molar-refractivity contribution in [2.75, 3.05) is 26.9 Å². The van der Waals surface area contributed by atoms with E-state index in [1.807, 2.05) is 36.1 Å². The van der Waals surface area contributed by atoms with Gasteiger partial charge in [0.25, 0.3) is 0 Å². The van der Waals surface area contributed by atoms with Gasteiger partial charge in [-0.2, -0.15) is 5.10 Å². The molecule has 1 aromatic carbocycles. The van der Waals surface area contributed by atoms with E-state index in [0.29, 0.717) is 50.0 Å². The summed E-state index contributed by atoms with van der Waals surface area (Å²) in [6.07, 6.45) is 1.56. The van der Waals surface area contributed by atoms with E-state index in [0.717, 1.165) is 17.1 Å². The number of hydrogen-bond donors (Lipinski definition) is 0. The number of rotatable bonds is 7. The highest BCUT2D eigenvalue weighted by molar-refractivity contribution is 7.07. The van der Waals surface area contributed by atoms with Crippen molar-refractivity contribution in [1.82, 2.24) is 19.7 Å². The third-order valence-electron chi connectivity index (χ3n) is 4.47. The fourth-order valence-corrected chi connectivity index (χ4v) is 3.74. The predicted octanol–water partition coefficient (Wildman–Crippen LogP) is 2.91. The molecule has 152 valence electrons. The lowest BCUT2D eigenvalue weighted by molar-refractivity contribution is 0.0524. The number of esters is 1. The Hall–Kier alpha value is -2.91. The van der Waals surface area contributed by atoms with Gasteiger partial charge in [-0.15, -0.1) is 11.3 Å². The molecule has 0 amide bonds. The van der Waals surface area contributed by atoms with Gasteiger partial charge in [0.1, 0.15) is 18.8 Å². The van der Waals surface area contributed by atoms with Crippen molar-refractivity contribution >= 4 is 17.3 Å². The Morgan fingerprint density at radius 3 is 2.86 bits per heavy atom. The van der Waals surface area contributed by atoms with Crippen LogP contribution in [0.5, 0.6) is 11.5 Å². The quantitative estimate of drug-likeness (QED) is 0.550. The van der Waals surface area contributed by atoms with Crippen LogP contribution in [-0.2, 0) is 17.8 Å². The molecule has 1 aliphatic rings. The summed E-state index contributed by atoms with van der Waals surface area (Å²) in [5, 5.41) is 6.48. The van der Waals surface area contributed by atoms with Crippen LogP contribution in [0, 0.1) is 0 Å². The Morgan fingerprint density at radius 2 is 2.10 bits per heavy atom. The van der Waals surface area contributed by atoms with Crippen LogP contribution in [-0.4, -0.2) is 52.5 Å². The fourth-order valence-electron chi connectivity index (χ4n) is 3.20. The summed E-state index contributed by atoms with van der Waals surface area (Å²) in [4.78, 5) is 18.9. The maximum absolute atomic E-state index is 12.5. The lowest BCUT2D eigenvalue weighted by Crippen LogP contribution is -2.22. The number of hydrogen-bond acceptors (Lipinski definition) is 8. The van der Waals surface area contributed by atoms with Crippen molar-refractivity contribution in [2.24, 2.45) is 0 Å².